The number of pyridine rings is 1. The molecule has 1 aliphatic heterocycles. The fraction of sp³-hybridized carbons (Fsp3) is 0.269. The summed E-state index contributed by atoms with van der Waals surface area (Å²) in [5.74, 6) is 2.37. The van der Waals surface area contributed by atoms with Gasteiger partial charge in [0, 0.05) is 17.0 Å². The van der Waals surface area contributed by atoms with Crippen LogP contribution in [0.5, 0.6) is 11.5 Å². The molecular weight excluding hydrogens is 342 g/mol. The van der Waals surface area contributed by atoms with E-state index in [-0.39, 0.29) is 0 Å². The Hall–Kier alpha value is -2.87. The maximum absolute atomic E-state index is 8.72. The molecular formula is C26H24NO+. The molecule has 1 fully saturated rings. The van der Waals surface area contributed by atoms with Gasteiger partial charge in [-0.2, -0.15) is 4.57 Å². The van der Waals surface area contributed by atoms with Crippen LogP contribution < -0.4 is 9.30 Å². The second kappa shape index (κ2) is 5.81. The molecule has 0 N–H and O–H groups in total. The first-order valence-electron chi connectivity index (χ1n) is 10.8. The highest BCUT2D eigenvalue weighted by molar-refractivity contribution is 6.05. The van der Waals surface area contributed by atoms with Crippen LogP contribution in [0.3, 0.4) is 0 Å². The average molecular weight is 367 g/mol. The summed E-state index contributed by atoms with van der Waals surface area (Å²) >= 11 is 0. The number of nitrogens with zero attached hydrogens (tertiary/aromatic N) is 1. The van der Waals surface area contributed by atoms with Crippen molar-refractivity contribution in [1.29, 1.82) is 0 Å². The van der Waals surface area contributed by atoms with Crippen LogP contribution in [0.2, 0.25) is 0 Å². The third-order valence-corrected chi connectivity index (χ3v) is 6.69. The van der Waals surface area contributed by atoms with Gasteiger partial charge < -0.3 is 4.74 Å². The lowest BCUT2D eigenvalue weighted by atomic mass is 9.87. The fourth-order valence-electron chi connectivity index (χ4n) is 5.38. The zero-order valence-corrected chi connectivity index (χ0v) is 16.4. The molecule has 0 spiro atoms. The molecule has 4 aromatic rings. The molecule has 2 nitrogen and oxygen atoms in total. The third kappa shape index (κ3) is 2.06. The summed E-state index contributed by atoms with van der Waals surface area (Å²) < 4.78 is 17.7. The van der Waals surface area contributed by atoms with Crippen molar-refractivity contribution >= 4 is 21.7 Å². The van der Waals surface area contributed by atoms with E-state index < -0.39 is 0 Å². The summed E-state index contributed by atoms with van der Waals surface area (Å²) in [6.45, 7) is 2.20. The standard InChI is InChI=1S/C26H24NO/c1-16-14-15-18-10-7-13-21-24(18)22(16)25-26(28-21)23(17-8-3-4-9-17)19-11-5-6-12-20(19)27(25)2/h5-7,10-15,17H,3-4,8-9H2,1-2H3/q+1/i11D. The van der Waals surface area contributed by atoms with E-state index >= 15 is 0 Å². The zero-order valence-electron chi connectivity index (χ0n) is 17.4. The van der Waals surface area contributed by atoms with Gasteiger partial charge in [-0.3, -0.25) is 0 Å². The maximum Gasteiger partial charge on any atom is 0.257 e. The van der Waals surface area contributed by atoms with E-state index in [9.17, 15) is 0 Å². The number of rotatable bonds is 1. The first kappa shape index (κ1) is 15.1. The number of fused-ring (bicyclic) bond motifs is 3. The summed E-state index contributed by atoms with van der Waals surface area (Å²) in [5.41, 5.74) is 6.08. The minimum atomic E-state index is 0.462. The van der Waals surface area contributed by atoms with Crippen molar-refractivity contribution in [1.82, 2.24) is 0 Å². The largest absolute Gasteiger partial charge is 0.449 e. The highest BCUT2D eigenvalue weighted by Crippen LogP contribution is 2.52. The van der Waals surface area contributed by atoms with Gasteiger partial charge in [-0.25, -0.2) is 0 Å². The van der Waals surface area contributed by atoms with E-state index in [4.69, 9.17) is 6.11 Å². The Morgan fingerprint density at radius 1 is 1.04 bits per heavy atom. The van der Waals surface area contributed by atoms with Crippen LogP contribution >= 0.6 is 0 Å². The monoisotopic (exact) mass is 367 g/mol. The molecule has 3 aromatic carbocycles. The predicted molar refractivity (Wildman–Crippen MR) is 114 cm³/mol. The minimum Gasteiger partial charge on any atom is -0.449 e. The number of hydrogen-bond acceptors (Lipinski definition) is 1. The highest BCUT2D eigenvalue weighted by Gasteiger charge is 2.36. The van der Waals surface area contributed by atoms with E-state index in [0.717, 1.165) is 28.1 Å². The SMILES string of the molecule is [2H]c1cccc2c1c(C1CCCC1)c1c([n+]2C)-c2c(C)ccc3cccc(c23)O1. The highest BCUT2D eigenvalue weighted by atomic mass is 16.5. The molecule has 6 rings (SSSR count). The number of para-hydroxylation sites is 1. The Kier molecular flexibility index (Phi) is 3.13. The molecule has 0 atom stereocenters. The van der Waals surface area contributed by atoms with E-state index in [1.165, 1.54) is 53.1 Å². The van der Waals surface area contributed by atoms with Gasteiger partial charge in [0.2, 0.25) is 11.3 Å². The Morgan fingerprint density at radius 2 is 1.89 bits per heavy atom. The van der Waals surface area contributed by atoms with Crippen LogP contribution in [0.15, 0.2) is 54.6 Å². The van der Waals surface area contributed by atoms with Gasteiger partial charge in [-0.15, -0.1) is 0 Å². The Bertz CT molecular complexity index is 1320. The van der Waals surface area contributed by atoms with Crippen LogP contribution in [0, 0.1) is 6.92 Å². The Balaban J connectivity index is 1.84. The van der Waals surface area contributed by atoms with E-state index in [0.29, 0.717) is 12.0 Å². The molecule has 0 saturated heterocycles. The molecule has 1 aliphatic carbocycles. The zero-order chi connectivity index (χ0) is 19.7. The second-order valence-corrected chi connectivity index (χ2v) is 8.28. The molecule has 0 unspecified atom stereocenters. The maximum atomic E-state index is 8.72. The van der Waals surface area contributed by atoms with Crippen molar-refractivity contribution in [2.24, 2.45) is 7.05 Å². The number of ether oxygens (including phenoxy) is 1. The lowest BCUT2D eigenvalue weighted by molar-refractivity contribution is -0.633. The normalized spacial score (nSPS) is 16.3. The van der Waals surface area contributed by atoms with Gasteiger partial charge in [-0.05, 0) is 48.7 Å². The van der Waals surface area contributed by atoms with Crippen molar-refractivity contribution < 1.29 is 10.7 Å². The third-order valence-electron chi connectivity index (χ3n) is 6.69. The number of benzene rings is 3. The lowest BCUT2D eigenvalue weighted by Gasteiger charge is -2.25. The quantitative estimate of drug-likeness (QED) is 0.306. The van der Waals surface area contributed by atoms with Gasteiger partial charge in [-0.1, -0.05) is 49.2 Å². The van der Waals surface area contributed by atoms with Crippen LogP contribution in [0.4, 0.5) is 0 Å². The second-order valence-electron chi connectivity index (χ2n) is 8.28. The van der Waals surface area contributed by atoms with Crippen molar-refractivity contribution in [2.75, 3.05) is 0 Å². The van der Waals surface area contributed by atoms with E-state index in [1.807, 2.05) is 12.1 Å². The molecule has 1 aromatic heterocycles. The molecule has 28 heavy (non-hydrogen) atoms. The van der Waals surface area contributed by atoms with Crippen molar-refractivity contribution in [3.8, 4) is 22.8 Å². The first-order valence-corrected chi connectivity index (χ1v) is 10.3. The number of hydrogen-bond donors (Lipinski definition) is 0. The van der Waals surface area contributed by atoms with Crippen molar-refractivity contribution in [3.05, 3.63) is 65.7 Å². The average Bonchev–Trinajstić information content (AvgIpc) is 3.25. The van der Waals surface area contributed by atoms with Crippen molar-refractivity contribution in [2.45, 2.75) is 38.5 Å². The topological polar surface area (TPSA) is 13.1 Å². The van der Waals surface area contributed by atoms with Crippen LogP contribution in [0.1, 0.15) is 44.1 Å². The molecule has 2 heteroatoms. The molecule has 2 aliphatic rings. The van der Waals surface area contributed by atoms with Gasteiger partial charge in [0.1, 0.15) is 12.8 Å². The van der Waals surface area contributed by atoms with Crippen LogP contribution in [-0.4, -0.2) is 0 Å². The summed E-state index contributed by atoms with van der Waals surface area (Å²) in [7, 11) is 2.12. The van der Waals surface area contributed by atoms with E-state index in [1.54, 1.807) is 0 Å². The van der Waals surface area contributed by atoms with E-state index in [2.05, 4.69) is 54.9 Å². The first-order chi connectivity index (χ1) is 14.1. The smallest absolute Gasteiger partial charge is 0.257 e. The van der Waals surface area contributed by atoms with Gasteiger partial charge in [0.05, 0.1) is 12.3 Å². The number of aryl methyl sites for hydroxylation is 2. The van der Waals surface area contributed by atoms with Gasteiger partial charge in [0.15, 0.2) is 0 Å². The van der Waals surface area contributed by atoms with Gasteiger partial charge in [0.25, 0.3) is 5.69 Å². The fourth-order valence-corrected chi connectivity index (χ4v) is 5.38. The summed E-state index contributed by atoms with van der Waals surface area (Å²) in [5, 5.41) is 3.48. The molecule has 1 saturated carbocycles. The molecule has 0 bridgehead atoms. The molecule has 2 heterocycles. The summed E-state index contributed by atoms with van der Waals surface area (Å²) in [4.78, 5) is 0. The Labute approximate surface area is 166 Å². The van der Waals surface area contributed by atoms with Crippen LogP contribution in [0.25, 0.3) is 32.9 Å². The summed E-state index contributed by atoms with van der Waals surface area (Å²) in [6, 6.07) is 17.4. The molecule has 0 amide bonds. The van der Waals surface area contributed by atoms with Crippen molar-refractivity contribution in [3.63, 3.8) is 0 Å². The van der Waals surface area contributed by atoms with Gasteiger partial charge >= 0.3 is 0 Å². The molecule has 138 valence electrons. The summed E-state index contributed by atoms with van der Waals surface area (Å²) in [6.07, 6.45) is 4.87. The Morgan fingerprint density at radius 3 is 2.75 bits per heavy atom. The number of aromatic nitrogens is 1. The van der Waals surface area contributed by atoms with Crippen LogP contribution in [-0.2, 0) is 7.05 Å². The molecule has 0 radical (unpaired) electrons. The predicted octanol–water partition coefficient (Wildman–Crippen LogP) is 6.56. The minimum absolute atomic E-state index is 0.462. The lowest BCUT2D eigenvalue weighted by Crippen LogP contribution is -2.34.